The van der Waals surface area contributed by atoms with Gasteiger partial charge in [0, 0.05) is 43.9 Å². The third-order valence-electron chi connectivity index (χ3n) is 6.66. The van der Waals surface area contributed by atoms with E-state index in [0.717, 1.165) is 80.9 Å². The fourth-order valence-electron chi connectivity index (χ4n) is 4.92. The maximum Gasteiger partial charge on any atom is 0.254 e. The molecule has 2 aromatic rings. The van der Waals surface area contributed by atoms with Crippen molar-refractivity contribution in [2.24, 2.45) is 5.92 Å². The molecule has 2 aromatic carbocycles. The summed E-state index contributed by atoms with van der Waals surface area (Å²) in [5.41, 5.74) is 4.04. The summed E-state index contributed by atoms with van der Waals surface area (Å²) < 4.78 is 0. The van der Waals surface area contributed by atoms with Crippen LogP contribution >= 0.6 is 12.4 Å². The van der Waals surface area contributed by atoms with Crippen LogP contribution in [0.4, 0.5) is 0 Å². The lowest BCUT2D eigenvalue weighted by molar-refractivity contribution is 0.0693. The van der Waals surface area contributed by atoms with Gasteiger partial charge in [-0.3, -0.25) is 9.59 Å². The molecule has 0 aliphatic carbocycles. The third-order valence-corrected chi connectivity index (χ3v) is 6.66. The molecule has 0 atom stereocenters. The molecule has 2 amide bonds. The Hall–Kier alpha value is -2.37. The van der Waals surface area contributed by atoms with E-state index in [4.69, 9.17) is 0 Å². The Balaban J connectivity index is 0.00000218. The van der Waals surface area contributed by atoms with Gasteiger partial charge in [-0.2, -0.15) is 0 Å². The summed E-state index contributed by atoms with van der Waals surface area (Å²) >= 11 is 0. The number of hydrogen-bond donors (Lipinski definition) is 0. The Bertz CT molecular complexity index is 940. The zero-order valence-corrected chi connectivity index (χ0v) is 17.9. The highest BCUT2D eigenvalue weighted by molar-refractivity contribution is 5.98. The van der Waals surface area contributed by atoms with Crippen molar-refractivity contribution in [3.8, 4) is 0 Å². The second-order valence-electron chi connectivity index (χ2n) is 8.51. The van der Waals surface area contributed by atoms with Gasteiger partial charge in [-0.05, 0) is 55.1 Å². The lowest BCUT2D eigenvalue weighted by atomic mass is 9.96. The van der Waals surface area contributed by atoms with E-state index in [0.29, 0.717) is 5.92 Å². The van der Waals surface area contributed by atoms with Crippen LogP contribution in [0.25, 0.3) is 0 Å². The number of carbonyl (C=O) groups excluding carboxylic acids is 2. The molecule has 3 aliphatic rings. The average Bonchev–Trinajstić information content (AvgIpc) is 3.25. The van der Waals surface area contributed by atoms with Crippen molar-refractivity contribution in [1.82, 2.24) is 14.7 Å². The molecule has 1 saturated heterocycles. The van der Waals surface area contributed by atoms with Crippen molar-refractivity contribution in [1.29, 1.82) is 0 Å². The minimum atomic E-state index is 0. The van der Waals surface area contributed by atoms with Crippen molar-refractivity contribution < 1.29 is 9.59 Å². The third kappa shape index (κ3) is 3.96. The van der Waals surface area contributed by atoms with Crippen LogP contribution in [-0.4, -0.2) is 59.2 Å². The lowest BCUT2D eigenvalue weighted by Gasteiger charge is -2.34. The van der Waals surface area contributed by atoms with Gasteiger partial charge in [0.15, 0.2) is 0 Å². The molecule has 6 heteroatoms. The predicted octanol–water partition coefficient (Wildman–Crippen LogP) is 3.43. The first-order chi connectivity index (χ1) is 14.2. The van der Waals surface area contributed by atoms with Gasteiger partial charge >= 0.3 is 0 Å². The van der Waals surface area contributed by atoms with Crippen molar-refractivity contribution >= 4 is 24.2 Å². The monoisotopic (exact) mass is 425 g/mol. The maximum atomic E-state index is 12.6. The van der Waals surface area contributed by atoms with E-state index in [1.165, 1.54) is 0 Å². The highest BCUT2D eigenvalue weighted by Gasteiger charge is 2.31. The summed E-state index contributed by atoms with van der Waals surface area (Å²) in [4.78, 5) is 31.5. The zero-order valence-electron chi connectivity index (χ0n) is 17.1. The Labute approximate surface area is 184 Å². The van der Waals surface area contributed by atoms with Crippen molar-refractivity contribution in [2.45, 2.75) is 25.9 Å². The SMILES string of the molecule is Cl.O=C1c2ccccc2CN1CCN1CCC(CN2Cc3ccccc3C2=O)CC1. The van der Waals surface area contributed by atoms with Gasteiger partial charge in [-0.1, -0.05) is 36.4 Å². The molecule has 3 heterocycles. The molecule has 0 aromatic heterocycles. The predicted molar refractivity (Wildman–Crippen MR) is 119 cm³/mol. The van der Waals surface area contributed by atoms with Crippen LogP contribution in [0.2, 0.25) is 0 Å². The molecule has 0 bridgehead atoms. The second-order valence-corrected chi connectivity index (χ2v) is 8.51. The minimum absolute atomic E-state index is 0. The van der Waals surface area contributed by atoms with E-state index < -0.39 is 0 Å². The standard InChI is InChI=1S/C24H27N3O2.ClH/c28-23-21-7-3-1-5-19(21)16-26(23)14-13-25-11-9-18(10-12-25)15-27-17-20-6-2-4-8-22(20)24(27)29;/h1-8,18H,9-17H2;1H. The van der Waals surface area contributed by atoms with Gasteiger partial charge in [-0.15, -0.1) is 12.4 Å². The number of fused-ring (bicyclic) bond motifs is 2. The molecule has 3 aliphatic heterocycles. The molecule has 0 N–H and O–H groups in total. The fraction of sp³-hybridized carbons (Fsp3) is 0.417. The van der Waals surface area contributed by atoms with E-state index >= 15 is 0 Å². The number of carbonyl (C=O) groups is 2. The summed E-state index contributed by atoms with van der Waals surface area (Å²) in [6.07, 6.45) is 2.24. The van der Waals surface area contributed by atoms with E-state index in [-0.39, 0.29) is 24.2 Å². The molecular formula is C24H28ClN3O2. The molecule has 30 heavy (non-hydrogen) atoms. The molecule has 1 fully saturated rings. The molecule has 0 saturated carbocycles. The van der Waals surface area contributed by atoms with E-state index in [1.807, 2.05) is 46.2 Å². The van der Waals surface area contributed by atoms with Crippen LogP contribution in [0.15, 0.2) is 48.5 Å². The highest BCUT2D eigenvalue weighted by atomic mass is 35.5. The van der Waals surface area contributed by atoms with Crippen LogP contribution in [-0.2, 0) is 13.1 Å². The summed E-state index contributed by atoms with van der Waals surface area (Å²) in [5, 5.41) is 0. The molecular weight excluding hydrogens is 398 g/mol. The van der Waals surface area contributed by atoms with Crippen molar-refractivity contribution in [2.75, 3.05) is 32.7 Å². The number of likely N-dealkylation sites (tertiary alicyclic amines) is 1. The molecule has 0 spiro atoms. The molecule has 0 unspecified atom stereocenters. The van der Waals surface area contributed by atoms with Crippen LogP contribution in [0.5, 0.6) is 0 Å². The Morgan fingerprint density at radius 3 is 1.87 bits per heavy atom. The number of hydrogen-bond acceptors (Lipinski definition) is 3. The van der Waals surface area contributed by atoms with Crippen LogP contribution in [0, 0.1) is 5.92 Å². The first kappa shape index (κ1) is 20.9. The number of piperidine rings is 1. The summed E-state index contributed by atoms with van der Waals surface area (Å²) in [7, 11) is 0. The largest absolute Gasteiger partial charge is 0.334 e. The van der Waals surface area contributed by atoms with Crippen LogP contribution in [0.1, 0.15) is 44.7 Å². The molecule has 0 radical (unpaired) electrons. The van der Waals surface area contributed by atoms with Gasteiger partial charge in [0.1, 0.15) is 0 Å². The van der Waals surface area contributed by atoms with E-state index in [1.54, 1.807) is 0 Å². The van der Waals surface area contributed by atoms with Crippen molar-refractivity contribution in [3.05, 3.63) is 70.8 Å². The van der Waals surface area contributed by atoms with Crippen LogP contribution in [0.3, 0.4) is 0 Å². The van der Waals surface area contributed by atoms with Gasteiger partial charge < -0.3 is 14.7 Å². The quantitative estimate of drug-likeness (QED) is 0.737. The summed E-state index contributed by atoms with van der Waals surface area (Å²) in [5.74, 6) is 0.930. The summed E-state index contributed by atoms with van der Waals surface area (Å²) in [6, 6.07) is 15.9. The van der Waals surface area contributed by atoms with Gasteiger partial charge in [0.25, 0.3) is 11.8 Å². The number of benzene rings is 2. The smallest absolute Gasteiger partial charge is 0.254 e. The number of halogens is 1. The summed E-state index contributed by atoms with van der Waals surface area (Å²) in [6.45, 7) is 6.18. The van der Waals surface area contributed by atoms with E-state index in [9.17, 15) is 9.59 Å². The van der Waals surface area contributed by atoms with Gasteiger partial charge in [-0.25, -0.2) is 0 Å². The van der Waals surface area contributed by atoms with Crippen LogP contribution < -0.4 is 0 Å². The first-order valence-corrected chi connectivity index (χ1v) is 10.7. The number of nitrogens with zero attached hydrogens (tertiary/aromatic N) is 3. The van der Waals surface area contributed by atoms with Gasteiger partial charge in [0.05, 0.1) is 0 Å². The second kappa shape index (κ2) is 8.78. The number of amides is 2. The molecule has 5 rings (SSSR count). The Morgan fingerprint density at radius 1 is 0.733 bits per heavy atom. The van der Waals surface area contributed by atoms with Gasteiger partial charge in [0.2, 0.25) is 0 Å². The average molecular weight is 426 g/mol. The molecule has 5 nitrogen and oxygen atoms in total. The van der Waals surface area contributed by atoms with E-state index in [2.05, 4.69) is 17.0 Å². The first-order valence-electron chi connectivity index (χ1n) is 10.7. The maximum absolute atomic E-state index is 12.6. The topological polar surface area (TPSA) is 43.9 Å². The normalized spacial score (nSPS) is 19.1. The highest BCUT2D eigenvalue weighted by Crippen LogP contribution is 2.27. The fourth-order valence-corrected chi connectivity index (χ4v) is 4.92. The zero-order chi connectivity index (χ0) is 19.8. The Kier molecular flexibility index (Phi) is 6.11. The lowest BCUT2D eigenvalue weighted by Crippen LogP contribution is -2.42. The number of rotatable bonds is 5. The Morgan fingerprint density at radius 2 is 1.27 bits per heavy atom. The molecule has 158 valence electrons. The minimum Gasteiger partial charge on any atom is -0.334 e. The van der Waals surface area contributed by atoms with Crippen molar-refractivity contribution in [3.63, 3.8) is 0 Å².